The number of carbonyl (C=O) groups excluding carboxylic acids is 1. The quantitative estimate of drug-likeness (QED) is 0.721. The maximum atomic E-state index is 12.0. The number of unbranched alkanes of at least 4 members (excludes halogenated alkanes) is 2. The number of nitrogens with one attached hydrogen (secondary N) is 1. The van der Waals surface area contributed by atoms with Crippen molar-refractivity contribution in [3.05, 3.63) is 54.1 Å². The number of para-hydroxylation sites is 1. The largest absolute Gasteiger partial charge is 0.383 e. The van der Waals surface area contributed by atoms with Gasteiger partial charge in [-0.15, -0.1) is 0 Å². The molecular weight excluding hydrogens is 286 g/mol. The number of nitrogens with zero attached hydrogens (tertiary/aromatic N) is 1. The first-order valence-corrected chi connectivity index (χ1v) is 8.12. The number of urea groups is 1. The summed E-state index contributed by atoms with van der Waals surface area (Å²) in [6.45, 7) is 5.10. The number of hydrogen-bond acceptors (Lipinski definition) is 2. The molecular formula is C19H25N3O. The van der Waals surface area contributed by atoms with Gasteiger partial charge >= 0.3 is 6.03 Å². The van der Waals surface area contributed by atoms with E-state index >= 15 is 0 Å². The van der Waals surface area contributed by atoms with E-state index < -0.39 is 6.03 Å². The predicted molar refractivity (Wildman–Crippen MR) is 97.4 cm³/mol. The first-order valence-electron chi connectivity index (χ1n) is 8.12. The molecule has 0 atom stereocenters. The number of nitrogens with two attached hydrogens (primary N) is 1. The fraction of sp³-hybridized carbons (Fsp3) is 0.316. The number of hydrogen-bond donors (Lipinski definition) is 2. The van der Waals surface area contributed by atoms with Crippen molar-refractivity contribution in [3.8, 4) is 0 Å². The van der Waals surface area contributed by atoms with Crippen molar-refractivity contribution in [3.63, 3.8) is 0 Å². The molecule has 0 aromatic heterocycles. The van der Waals surface area contributed by atoms with E-state index in [0.717, 1.165) is 35.6 Å². The van der Waals surface area contributed by atoms with Gasteiger partial charge in [0, 0.05) is 6.54 Å². The van der Waals surface area contributed by atoms with Gasteiger partial charge in [0.15, 0.2) is 0 Å². The minimum Gasteiger partial charge on any atom is -0.383 e. The van der Waals surface area contributed by atoms with Crippen molar-refractivity contribution >= 4 is 23.1 Å². The molecule has 0 bridgehead atoms. The summed E-state index contributed by atoms with van der Waals surface area (Å²) in [5.74, 6) is 0. The minimum absolute atomic E-state index is 0.489. The first-order chi connectivity index (χ1) is 11.1. The standard InChI is InChI=1S/C19H25N3O/c1-3-4-8-13-21-17-14-15(2)11-12-18(17)22(19(20)23)16-9-6-5-7-10-16/h5-7,9-12,14,21H,3-4,8,13H2,1-2H3,(H2,20,23). The topological polar surface area (TPSA) is 58.4 Å². The molecule has 122 valence electrons. The first kappa shape index (κ1) is 16.9. The van der Waals surface area contributed by atoms with Crippen molar-refractivity contribution in [1.82, 2.24) is 0 Å². The molecule has 4 heteroatoms. The monoisotopic (exact) mass is 311 g/mol. The van der Waals surface area contributed by atoms with Gasteiger partial charge in [-0.2, -0.15) is 0 Å². The molecule has 0 aliphatic carbocycles. The van der Waals surface area contributed by atoms with Gasteiger partial charge in [0.1, 0.15) is 0 Å². The summed E-state index contributed by atoms with van der Waals surface area (Å²) in [6.07, 6.45) is 3.47. The Kier molecular flexibility index (Phi) is 6.03. The van der Waals surface area contributed by atoms with E-state index in [2.05, 4.69) is 18.3 Å². The zero-order valence-corrected chi connectivity index (χ0v) is 13.9. The van der Waals surface area contributed by atoms with Crippen molar-refractivity contribution < 1.29 is 4.79 Å². The fourth-order valence-corrected chi connectivity index (χ4v) is 2.55. The summed E-state index contributed by atoms with van der Waals surface area (Å²) >= 11 is 0. The van der Waals surface area contributed by atoms with Crippen LogP contribution in [0.15, 0.2) is 48.5 Å². The lowest BCUT2D eigenvalue weighted by Gasteiger charge is -2.24. The third-order valence-corrected chi connectivity index (χ3v) is 3.72. The zero-order chi connectivity index (χ0) is 16.7. The summed E-state index contributed by atoms with van der Waals surface area (Å²) < 4.78 is 0. The molecule has 0 unspecified atom stereocenters. The number of rotatable bonds is 7. The van der Waals surface area contributed by atoms with Gasteiger partial charge in [-0.3, -0.25) is 4.90 Å². The van der Waals surface area contributed by atoms with Crippen LogP contribution in [0, 0.1) is 6.92 Å². The van der Waals surface area contributed by atoms with Crippen molar-refractivity contribution in [2.45, 2.75) is 33.1 Å². The van der Waals surface area contributed by atoms with E-state index in [1.165, 1.54) is 12.8 Å². The maximum Gasteiger partial charge on any atom is 0.323 e. The Morgan fingerprint density at radius 1 is 1.13 bits per heavy atom. The highest BCUT2D eigenvalue weighted by Gasteiger charge is 2.18. The lowest BCUT2D eigenvalue weighted by molar-refractivity contribution is 0.256. The molecule has 0 fully saturated rings. The Balaban J connectivity index is 2.33. The van der Waals surface area contributed by atoms with E-state index in [-0.39, 0.29) is 0 Å². The number of primary amides is 1. The fourth-order valence-electron chi connectivity index (χ4n) is 2.55. The van der Waals surface area contributed by atoms with Gasteiger partial charge in [-0.1, -0.05) is 44.0 Å². The summed E-state index contributed by atoms with van der Waals surface area (Å²) in [5, 5.41) is 3.44. The van der Waals surface area contributed by atoms with Crippen LogP contribution >= 0.6 is 0 Å². The van der Waals surface area contributed by atoms with Crippen LogP contribution in [0.2, 0.25) is 0 Å². The molecule has 3 N–H and O–H groups in total. The molecule has 0 radical (unpaired) electrons. The zero-order valence-electron chi connectivity index (χ0n) is 13.9. The molecule has 2 aromatic rings. The second-order valence-corrected chi connectivity index (χ2v) is 5.66. The molecule has 2 rings (SSSR count). The number of anilines is 3. The van der Waals surface area contributed by atoms with Crippen molar-refractivity contribution in [1.29, 1.82) is 0 Å². The Labute approximate surface area is 138 Å². The lowest BCUT2D eigenvalue weighted by Crippen LogP contribution is -2.32. The molecule has 2 aromatic carbocycles. The van der Waals surface area contributed by atoms with Crippen LogP contribution in [-0.2, 0) is 0 Å². The van der Waals surface area contributed by atoms with Crippen molar-refractivity contribution in [2.75, 3.05) is 16.8 Å². The highest BCUT2D eigenvalue weighted by atomic mass is 16.2. The van der Waals surface area contributed by atoms with E-state index in [9.17, 15) is 4.79 Å². The summed E-state index contributed by atoms with van der Waals surface area (Å²) in [4.78, 5) is 13.6. The molecule has 0 saturated carbocycles. The molecule has 0 saturated heterocycles. The number of amides is 2. The van der Waals surface area contributed by atoms with E-state index in [0.29, 0.717) is 0 Å². The summed E-state index contributed by atoms with van der Waals surface area (Å²) in [7, 11) is 0. The number of aryl methyl sites for hydroxylation is 1. The van der Waals surface area contributed by atoms with Crippen LogP contribution in [0.1, 0.15) is 31.7 Å². The average molecular weight is 311 g/mol. The third kappa shape index (κ3) is 4.49. The smallest absolute Gasteiger partial charge is 0.323 e. The van der Waals surface area contributed by atoms with Crippen molar-refractivity contribution in [2.24, 2.45) is 5.73 Å². The maximum absolute atomic E-state index is 12.0. The average Bonchev–Trinajstić information content (AvgIpc) is 2.54. The van der Waals surface area contributed by atoms with Gasteiger partial charge in [0.2, 0.25) is 0 Å². The third-order valence-electron chi connectivity index (χ3n) is 3.72. The van der Waals surface area contributed by atoms with Gasteiger partial charge in [-0.05, 0) is 43.2 Å². The Morgan fingerprint density at radius 3 is 2.52 bits per heavy atom. The highest BCUT2D eigenvalue weighted by molar-refractivity contribution is 6.01. The van der Waals surface area contributed by atoms with Crippen LogP contribution in [0.5, 0.6) is 0 Å². The highest BCUT2D eigenvalue weighted by Crippen LogP contribution is 2.32. The molecule has 0 spiro atoms. The predicted octanol–water partition coefficient (Wildman–Crippen LogP) is 4.81. The molecule has 0 aliphatic heterocycles. The van der Waals surface area contributed by atoms with E-state index in [4.69, 9.17) is 5.73 Å². The molecule has 4 nitrogen and oxygen atoms in total. The SMILES string of the molecule is CCCCCNc1cc(C)ccc1N(C(N)=O)c1ccccc1. The number of benzene rings is 2. The van der Waals surface area contributed by atoms with Crippen LogP contribution in [-0.4, -0.2) is 12.6 Å². The summed E-state index contributed by atoms with van der Waals surface area (Å²) in [6, 6.07) is 15.0. The molecule has 23 heavy (non-hydrogen) atoms. The van der Waals surface area contributed by atoms with Gasteiger partial charge in [0.05, 0.1) is 17.1 Å². The Bertz CT molecular complexity index is 640. The van der Waals surface area contributed by atoms with Gasteiger partial charge in [-0.25, -0.2) is 4.79 Å². The van der Waals surface area contributed by atoms with Crippen LogP contribution in [0.3, 0.4) is 0 Å². The second kappa shape index (κ2) is 8.22. The Morgan fingerprint density at radius 2 is 1.87 bits per heavy atom. The van der Waals surface area contributed by atoms with E-state index in [1.807, 2.05) is 49.4 Å². The van der Waals surface area contributed by atoms with Crippen LogP contribution in [0.4, 0.5) is 21.9 Å². The summed E-state index contributed by atoms with van der Waals surface area (Å²) in [5.41, 5.74) is 9.27. The molecule has 0 heterocycles. The minimum atomic E-state index is -0.489. The normalized spacial score (nSPS) is 10.3. The number of carbonyl (C=O) groups is 1. The van der Waals surface area contributed by atoms with E-state index in [1.54, 1.807) is 4.90 Å². The van der Waals surface area contributed by atoms with Crippen LogP contribution < -0.4 is 16.0 Å². The van der Waals surface area contributed by atoms with Gasteiger partial charge in [0.25, 0.3) is 0 Å². The van der Waals surface area contributed by atoms with Gasteiger partial charge < -0.3 is 11.1 Å². The lowest BCUT2D eigenvalue weighted by atomic mass is 10.1. The second-order valence-electron chi connectivity index (χ2n) is 5.66. The van der Waals surface area contributed by atoms with Crippen LogP contribution in [0.25, 0.3) is 0 Å². The Hall–Kier alpha value is -2.49. The molecule has 2 amide bonds. The molecule has 0 aliphatic rings.